The van der Waals surface area contributed by atoms with Crippen LogP contribution in [0.4, 0.5) is 11.4 Å². The first-order valence-electron chi connectivity index (χ1n) is 11.7. The van der Waals surface area contributed by atoms with Crippen molar-refractivity contribution in [2.75, 3.05) is 43.6 Å². The molecule has 8 nitrogen and oxygen atoms in total. The zero-order chi connectivity index (χ0) is 24.7. The minimum atomic E-state index is -0.167. The normalized spacial score (nSPS) is 13.2. The second-order valence-corrected chi connectivity index (χ2v) is 8.21. The number of anilines is 2. The van der Waals surface area contributed by atoms with Gasteiger partial charge in [-0.2, -0.15) is 0 Å². The van der Waals surface area contributed by atoms with Crippen LogP contribution in [0.1, 0.15) is 10.4 Å². The van der Waals surface area contributed by atoms with Crippen molar-refractivity contribution in [3.63, 3.8) is 0 Å². The van der Waals surface area contributed by atoms with Gasteiger partial charge in [0.2, 0.25) is 0 Å². The van der Waals surface area contributed by atoms with E-state index in [0.717, 1.165) is 54.6 Å². The summed E-state index contributed by atoms with van der Waals surface area (Å²) in [6, 6.07) is 22.6. The molecule has 36 heavy (non-hydrogen) atoms. The highest BCUT2D eigenvalue weighted by Gasteiger charge is 2.12. The van der Waals surface area contributed by atoms with Crippen LogP contribution in [0.15, 0.2) is 85.2 Å². The minimum Gasteiger partial charge on any atom is -0.497 e. The van der Waals surface area contributed by atoms with Gasteiger partial charge in [-0.05, 0) is 66.2 Å². The topological polar surface area (TPSA) is 85.8 Å². The molecule has 1 aliphatic rings. The molecule has 0 saturated carbocycles. The van der Waals surface area contributed by atoms with Gasteiger partial charge >= 0.3 is 6.01 Å². The van der Waals surface area contributed by atoms with Crippen LogP contribution >= 0.6 is 0 Å². The molecule has 1 fully saturated rings. The van der Waals surface area contributed by atoms with E-state index in [1.807, 2.05) is 48.5 Å². The molecular weight excluding hydrogens is 456 g/mol. The number of hydrogen-bond donors (Lipinski definition) is 1. The van der Waals surface area contributed by atoms with Gasteiger partial charge in [-0.3, -0.25) is 4.79 Å². The monoisotopic (exact) mass is 482 g/mol. The largest absolute Gasteiger partial charge is 0.497 e. The summed E-state index contributed by atoms with van der Waals surface area (Å²) in [6.45, 7) is 3.23. The Labute approximate surface area is 209 Å². The number of nitrogens with one attached hydrogen (secondary N) is 1. The van der Waals surface area contributed by atoms with Crippen molar-refractivity contribution in [1.29, 1.82) is 0 Å². The average molecular weight is 483 g/mol. The highest BCUT2D eigenvalue weighted by Crippen LogP contribution is 2.24. The summed E-state index contributed by atoms with van der Waals surface area (Å²) in [7, 11) is 1.61. The first-order chi connectivity index (χ1) is 17.7. The predicted octanol–water partition coefficient (Wildman–Crippen LogP) is 5.03. The van der Waals surface area contributed by atoms with Crippen molar-refractivity contribution < 1.29 is 19.0 Å². The van der Waals surface area contributed by atoms with Gasteiger partial charge in [-0.15, -0.1) is 0 Å². The zero-order valence-corrected chi connectivity index (χ0v) is 19.9. The van der Waals surface area contributed by atoms with E-state index >= 15 is 0 Å². The number of rotatable bonds is 7. The van der Waals surface area contributed by atoms with Crippen molar-refractivity contribution in [3.8, 4) is 28.6 Å². The van der Waals surface area contributed by atoms with Crippen molar-refractivity contribution in [2.24, 2.45) is 0 Å². The highest BCUT2D eigenvalue weighted by molar-refractivity contribution is 6.04. The number of nitrogens with zero attached hydrogens (tertiary/aromatic N) is 3. The summed E-state index contributed by atoms with van der Waals surface area (Å²) in [4.78, 5) is 23.6. The molecule has 0 unspecified atom stereocenters. The number of ether oxygens (including phenoxy) is 3. The first-order valence-corrected chi connectivity index (χ1v) is 11.7. The lowest BCUT2D eigenvalue weighted by molar-refractivity contribution is 0.102. The number of aromatic nitrogens is 2. The smallest absolute Gasteiger partial charge is 0.321 e. The fourth-order valence-corrected chi connectivity index (χ4v) is 3.86. The van der Waals surface area contributed by atoms with E-state index in [4.69, 9.17) is 14.2 Å². The van der Waals surface area contributed by atoms with Gasteiger partial charge < -0.3 is 24.4 Å². The van der Waals surface area contributed by atoms with Crippen molar-refractivity contribution in [3.05, 3.63) is 90.8 Å². The lowest BCUT2D eigenvalue weighted by Crippen LogP contribution is -2.36. The van der Waals surface area contributed by atoms with Gasteiger partial charge in [0, 0.05) is 48.0 Å². The number of carbonyl (C=O) groups excluding carboxylic acids is 1. The van der Waals surface area contributed by atoms with Gasteiger partial charge in [0.15, 0.2) is 0 Å². The van der Waals surface area contributed by atoms with Crippen LogP contribution in [0.25, 0.3) is 11.1 Å². The van der Waals surface area contributed by atoms with E-state index < -0.39 is 0 Å². The van der Waals surface area contributed by atoms with Crippen LogP contribution in [0.5, 0.6) is 17.5 Å². The van der Waals surface area contributed by atoms with E-state index in [9.17, 15) is 4.79 Å². The Morgan fingerprint density at radius 2 is 1.47 bits per heavy atom. The molecule has 5 rings (SSSR count). The van der Waals surface area contributed by atoms with E-state index in [1.165, 1.54) is 0 Å². The summed E-state index contributed by atoms with van der Waals surface area (Å²) < 4.78 is 16.2. The Morgan fingerprint density at radius 1 is 0.833 bits per heavy atom. The third-order valence-corrected chi connectivity index (χ3v) is 5.88. The number of morpholine rings is 1. The third kappa shape index (κ3) is 5.61. The number of methoxy groups -OCH3 is 1. The SMILES string of the molecule is COc1ccc(Oc2ncc(-c3ccc(C(=O)Nc4ccc(N5CCOCC5)cc4)cc3)cn2)cc1. The van der Waals surface area contributed by atoms with Crippen LogP contribution in [-0.4, -0.2) is 49.3 Å². The highest BCUT2D eigenvalue weighted by atomic mass is 16.5. The molecule has 1 aliphatic heterocycles. The lowest BCUT2D eigenvalue weighted by atomic mass is 10.1. The molecule has 1 amide bonds. The second kappa shape index (κ2) is 10.9. The summed E-state index contributed by atoms with van der Waals surface area (Å²) >= 11 is 0. The second-order valence-electron chi connectivity index (χ2n) is 8.21. The van der Waals surface area contributed by atoms with Gasteiger partial charge in [0.05, 0.1) is 20.3 Å². The molecule has 1 aromatic heterocycles. The van der Waals surface area contributed by atoms with Crippen LogP contribution in [-0.2, 0) is 4.74 Å². The van der Waals surface area contributed by atoms with Crippen molar-refractivity contribution in [1.82, 2.24) is 9.97 Å². The van der Waals surface area contributed by atoms with Gasteiger partial charge in [-0.1, -0.05) is 12.1 Å². The Morgan fingerprint density at radius 3 is 2.11 bits per heavy atom. The van der Waals surface area contributed by atoms with Crippen LogP contribution < -0.4 is 19.7 Å². The molecule has 0 radical (unpaired) electrons. The molecule has 182 valence electrons. The van der Waals surface area contributed by atoms with E-state index in [2.05, 4.69) is 20.2 Å². The van der Waals surface area contributed by atoms with Crippen LogP contribution in [0.2, 0.25) is 0 Å². The van der Waals surface area contributed by atoms with E-state index in [1.54, 1.807) is 43.8 Å². The Kier molecular flexibility index (Phi) is 7.05. The maximum absolute atomic E-state index is 12.7. The lowest BCUT2D eigenvalue weighted by Gasteiger charge is -2.28. The maximum atomic E-state index is 12.7. The minimum absolute atomic E-state index is 0.167. The standard InChI is InChI=1S/C28H26N4O4/c1-34-25-10-12-26(13-11-25)36-28-29-18-22(19-30-28)20-2-4-21(5-3-20)27(33)31-23-6-8-24(9-7-23)32-14-16-35-17-15-32/h2-13,18-19H,14-17H2,1H3,(H,31,33). The Balaban J connectivity index is 1.19. The maximum Gasteiger partial charge on any atom is 0.321 e. The molecule has 4 aromatic rings. The number of benzene rings is 3. The number of amides is 1. The van der Waals surface area contributed by atoms with Crippen molar-refractivity contribution in [2.45, 2.75) is 0 Å². The molecule has 0 aliphatic carbocycles. The summed E-state index contributed by atoms with van der Waals surface area (Å²) in [5, 5.41) is 2.95. The summed E-state index contributed by atoms with van der Waals surface area (Å²) in [5.74, 6) is 1.20. The zero-order valence-electron chi connectivity index (χ0n) is 19.9. The molecule has 2 heterocycles. The summed E-state index contributed by atoms with van der Waals surface area (Å²) in [6.07, 6.45) is 3.38. The third-order valence-electron chi connectivity index (χ3n) is 5.88. The van der Waals surface area contributed by atoms with Gasteiger partial charge in [0.1, 0.15) is 11.5 Å². The Hall–Kier alpha value is -4.43. The van der Waals surface area contributed by atoms with Crippen LogP contribution in [0.3, 0.4) is 0 Å². The molecule has 0 atom stereocenters. The Bertz CT molecular complexity index is 1290. The molecule has 8 heteroatoms. The summed E-state index contributed by atoms with van der Waals surface area (Å²) in [5.41, 5.74) is 4.17. The molecule has 1 saturated heterocycles. The fourth-order valence-electron chi connectivity index (χ4n) is 3.86. The molecule has 0 spiro atoms. The molecule has 0 bridgehead atoms. The van der Waals surface area contributed by atoms with Gasteiger partial charge in [-0.25, -0.2) is 9.97 Å². The van der Waals surface area contributed by atoms with Crippen molar-refractivity contribution >= 4 is 17.3 Å². The number of hydrogen-bond acceptors (Lipinski definition) is 7. The first kappa shape index (κ1) is 23.3. The predicted molar refractivity (Wildman–Crippen MR) is 138 cm³/mol. The van der Waals surface area contributed by atoms with Crippen LogP contribution in [0, 0.1) is 0 Å². The van der Waals surface area contributed by atoms with Gasteiger partial charge in [0.25, 0.3) is 5.91 Å². The number of carbonyl (C=O) groups is 1. The molecule has 3 aromatic carbocycles. The molecular formula is C28H26N4O4. The molecule has 1 N–H and O–H groups in total. The quantitative estimate of drug-likeness (QED) is 0.395. The van der Waals surface area contributed by atoms with E-state index in [0.29, 0.717) is 11.3 Å². The average Bonchev–Trinajstić information content (AvgIpc) is 2.95. The van der Waals surface area contributed by atoms with E-state index in [-0.39, 0.29) is 11.9 Å². The fraction of sp³-hybridized carbons (Fsp3) is 0.179.